The van der Waals surface area contributed by atoms with Gasteiger partial charge in [0.05, 0.1) is 10.7 Å². The van der Waals surface area contributed by atoms with Gasteiger partial charge in [0, 0.05) is 31.9 Å². The molecule has 0 saturated carbocycles. The van der Waals surface area contributed by atoms with Crippen molar-refractivity contribution in [2.75, 3.05) is 31.1 Å². The molecule has 1 heterocycles. The van der Waals surface area contributed by atoms with Crippen LogP contribution in [0.2, 0.25) is 5.02 Å². The first kappa shape index (κ1) is 13.9. The number of rotatable bonds is 4. The average Bonchev–Trinajstić information content (AvgIpc) is 2.93. The van der Waals surface area contributed by atoms with Crippen molar-refractivity contribution in [2.24, 2.45) is 0 Å². The lowest BCUT2D eigenvalue weighted by Gasteiger charge is -2.16. The molecular weight excluding hydrogens is 288 g/mol. The van der Waals surface area contributed by atoms with Gasteiger partial charge in [-0.1, -0.05) is 23.7 Å². The van der Waals surface area contributed by atoms with Crippen LogP contribution in [0.1, 0.15) is 5.56 Å². The van der Waals surface area contributed by atoms with E-state index >= 15 is 0 Å². The lowest BCUT2D eigenvalue weighted by Crippen LogP contribution is -2.09. The quantitative estimate of drug-likeness (QED) is 0.933. The Balaban J connectivity index is 1.74. The number of halogens is 1. The summed E-state index contributed by atoms with van der Waals surface area (Å²) in [6, 6.07) is 11.8. The second-order valence-electron chi connectivity index (χ2n) is 5.07. The predicted octanol–water partition coefficient (Wildman–Crippen LogP) is 3.75. The molecule has 4 nitrogen and oxygen atoms in total. The van der Waals surface area contributed by atoms with Crippen LogP contribution < -0.4 is 19.7 Å². The molecule has 2 aromatic carbocycles. The summed E-state index contributed by atoms with van der Waals surface area (Å²) in [6.07, 6.45) is 0. The van der Waals surface area contributed by atoms with E-state index in [2.05, 4.69) is 5.32 Å². The minimum absolute atomic E-state index is 0.287. The number of nitrogens with zero attached hydrogens (tertiary/aromatic N) is 1. The maximum absolute atomic E-state index is 6.27. The third-order valence-corrected chi connectivity index (χ3v) is 3.69. The van der Waals surface area contributed by atoms with Crippen molar-refractivity contribution in [1.29, 1.82) is 0 Å². The molecule has 0 aromatic heterocycles. The van der Waals surface area contributed by atoms with Crippen LogP contribution >= 0.6 is 11.6 Å². The zero-order chi connectivity index (χ0) is 14.8. The minimum atomic E-state index is 0.287. The Bertz CT molecular complexity index is 659. The van der Waals surface area contributed by atoms with Gasteiger partial charge in [0.1, 0.15) is 0 Å². The zero-order valence-corrected chi connectivity index (χ0v) is 12.8. The summed E-state index contributed by atoms with van der Waals surface area (Å²) in [7, 11) is 3.94. The Kier molecular flexibility index (Phi) is 3.80. The van der Waals surface area contributed by atoms with Crippen LogP contribution in [0.3, 0.4) is 0 Å². The van der Waals surface area contributed by atoms with E-state index < -0.39 is 0 Å². The van der Waals surface area contributed by atoms with Gasteiger partial charge < -0.3 is 19.7 Å². The highest BCUT2D eigenvalue weighted by Crippen LogP contribution is 2.36. The third kappa shape index (κ3) is 2.85. The Morgan fingerprint density at radius 2 is 2.05 bits per heavy atom. The summed E-state index contributed by atoms with van der Waals surface area (Å²) in [5.74, 6) is 1.62. The SMILES string of the molecule is CN(C)c1ccc(NCc2cccc3c2OCO3)cc1Cl. The molecule has 0 saturated heterocycles. The summed E-state index contributed by atoms with van der Waals surface area (Å²) < 4.78 is 10.9. The summed E-state index contributed by atoms with van der Waals surface area (Å²) in [5, 5.41) is 4.08. The maximum Gasteiger partial charge on any atom is 0.231 e. The number of benzene rings is 2. The number of ether oxygens (including phenoxy) is 2. The lowest BCUT2D eigenvalue weighted by atomic mass is 10.2. The second-order valence-corrected chi connectivity index (χ2v) is 5.47. The first-order valence-corrected chi connectivity index (χ1v) is 7.11. The topological polar surface area (TPSA) is 33.7 Å². The summed E-state index contributed by atoms with van der Waals surface area (Å²) in [6.45, 7) is 0.944. The molecule has 1 aliphatic heterocycles. The number of anilines is 2. The third-order valence-electron chi connectivity index (χ3n) is 3.39. The number of fused-ring (bicyclic) bond motifs is 1. The van der Waals surface area contributed by atoms with Gasteiger partial charge in [0.25, 0.3) is 0 Å². The Morgan fingerprint density at radius 1 is 1.19 bits per heavy atom. The lowest BCUT2D eigenvalue weighted by molar-refractivity contribution is 0.173. The molecule has 2 aromatic rings. The van der Waals surface area contributed by atoms with E-state index in [1.165, 1.54) is 0 Å². The highest BCUT2D eigenvalue weighted by molar-refractivity contribution is 6.33. The van der Waals surface area contributed by atoms with Crippen molar-refractivity contribution in [3.05, 3.63) is 47.0 Å². The van der Waals surface area contributed by atoms with Gasteiger partial charge in [-0.25, -0.2) is 0 Å². The first-order valence-electron chi connectivity index (χ1n) is 6.73. The van der Waals surface area contributed by atoms with Crippen LogP contribution in [-0.2, 0) is 6.54 Å². The summed E-state index contributed by atoms with van der Waals surface area (Å²) in [4.78, 5) is 1.99. The van der Waals surface area contributed by atoms with Crippen molar-refractivity contribution in [2.45, 2.75) is 6.54 Å². The highest BCUT2D eigenvalue weighted by Gasteiger charge is 2.16. The fourth-order valence-electron chi connectivity index (χ4n) is 2.31. The van der Waals surface area contributed by atoms with E-state index in [9.17, 15) is 0 Å². The molecule has 1 N–H and O–H groups in total. The van der Waals surface area contributed by atoms with Crippen LogP contribution in [0.5, 0.6) is 11.5 Å². The van der Waals surface area contributed by atoms with Gasteiger partial charge in [-0.15, -0.1) is 0 Å². The van der Waals surface area contributed by atoms with Crippen LogP contribution in [0.25, 0.3) is 0 Å². The fraction of sp³-hybridized carbons (Fsp3) is 0.250. The molecule has 0 unspecified atom stereocenters. The van der Waals surface area contributed by atoms with Gasteiger partial charge in [0.2, 0.25) is 6.79 Å². The largest absolute Gasteiger partial charge is 0.454 e. The van der Waals surface area contributed by atoms with Gasteiger partial charge >= 0.3 is 0 Å². The molecule has 0 amide bonds. The van der Waals surface area contributed by atoms with Crippen molar-refractivity contribution < 1.29 is 9.47 Å². The molecule has 1 aliphatic rings. The predicted molar refractivity (Wildman–Crippen MR) is 85.7 cm³/mol. The standard InChI is InChI=1S/C16H17ClN2O2/c1-19(2)14-7-6-12(8-13(14)17)18-9-11-4-3-5-15-16(11)21-10-20-15/h3-8,18H,9-10H2,1-2H3. The number of para-hydroxylation sites is 1. The van der Waals surface area contributed by atoms with Gasteiger partial charge in [0.15, 0.2) is 11.5 Å². The molecular formula is C16H17ClN2O2. The molecule has 5 heteroatoms. The molecule has 0 fully saturated rings. The van der Waals surface area contributed by atoms with E-state index in [0.717, 1.165) is 33.5 Å². The van der Waals surface area contributed by atoms with E-state index in [-0.39, 0.29) is 6.79 Å². The van der Waals surface area contributed by atoms with Crippen LogP contribution in [-0.4, -0.2) is 20.9 Å². The minimum Gasteiger partial charge on any atom is -0.454 e. The van der Waals surface area contributed by atoms with Crippen LogP contribution in [0, 0.1) is 0 Å². The van der Waals surface area contributed by atoms with E-state index in [0.29, 0.717) is 6.54 Å². The highest BCUT2D eigenvalue weighted by atomic mass is 35.5. The molecule has 0 aliphatic carbocycles. The van der Waals surface area contributed by atoms with Gasteiger partial charge in [-0.2, -0.15) is 0 Å². The van der Waals surface area contributed by atoms with Crippen molar-refractivity contribution >= 4 is 23.0 Å². The fourth-order valence-corrected chi connectivity index (χ4v) is 2.66. The maximum atomic E-state index is 6.27. The Hall–Kier alpha value is -2.07. The molecule has 0 atom stereocenters. The first-order chi connectivity index (χ1) is 10.1. The zero-order valence-electron chi connectivity index (χ0n) is 12.0. The monoisotopic (exact) mass is 304 g/mol. The normalized spacial score (nSPS) is 12.3. The Morgan fingerprint density at radius 3 is 2.81 bits per heavy atom. The smallest absolute Gasteiger partial charge is 0.231 e. The van der Waals surface area contributed by atoms with Gasteiger partial charge in [-0.3, -0.25) is 0 Å². The summed E-state index contributed by atoms with van der Waals surface area (Å²) in [5.41, 5.74) is 3.04. The average molecular weight is 305 g/mol. The van der Waals surface area contributed by atoms with Gasteiger partial charge in [-0.05, 0) is 24.3 Å². The van der Waals surface area contributed by atoms with Crippen molar-refractivity contribution in [3.63, 3.8) is 0 Å². The molecule has 0 radical (unpaired) electrons. The number of hydrogen-bond donors (Lipinski definition) is 1. The van der Waals surface area contributed by atoms with Crippen LogP contribution in [0.4, 0.5) is 11.4 Å². The molecule has 0 spiro atoms. The van der Waals surface area contributed by atoms with Crippen molar-refractivity contribution in [3.8, 4) is 11.5 Å². The van der Waals surface area contributed by atoms with E-state index in [1.54, 1.807) is 0 Å². The summed E-state index contributed by atoms with van der Waals surface area (Å²) >= 11 is 6.27. The second kappa shape index (κ2) is 5.74. The number of hydrogen-bond acceptors (Lipinski definition) is 4. The van der Waals surface area contributed by atoms with Crippen molar-refractivity contribution in [1.82, 2.24) is 0 Å². The van der Waals surface area contributed by atoms with E-state index in [1.807, 2.05) is 55.4 Å². The number of nitrogens with one attached hydrogen (secondary N) is 1. The van der Waals surface area contributed by atoms with Crippen LogP contribution in [0.15, 0.2) is 36.4 Å². The van der Waals surface area contributed by atoms with E-state index in [4.69, 9.17) is 21.1 Å². The molecule has 3 rings (SSSR count). The molecule has 0 bridgehead atoms. The Labute approximate surface area is 129 Å². The molecule has 21 heavy (non-hydrogen) atoms. The molecule has 110 valence electrons.